The number of benzene rings is 2. The Kier molecular flexibility index (Phi) is 8.68. The van der Waals surface area contributed by atoms with Crippen LogP contribution < -0.4 is 9.47 Å². The fourth-order valence-electron chi connectivity index (χ4n) is 6.26. The molecule has 9 heteroatoms. The van der Waals surface area contributed by atoms with Gasteiger partial charge in [0.15, 0.2) is 5.82 Å². The second-order valence-corrected chi connectivity index (χ2v) is 11.9. The molecule has 44 heavy (non-hydrogen) atoms. The number of rotatable bonds is 9. The third-order valence-corrected chi connectivity index (χ3v) is 8.60. The summed E-state index contributed by atoms with van der Waals surface area (Å²) in [7, 11) is 0. The number of carboxylic acid groups (broad SMARTS) is 1. The molecule has 4 heterocycles. The molecule has 2 aliphatic rings. The highest BCUT2D eigenvalue weighted by molar-refractivity contribution is 5.90. The molecule has 2 aromatic carbocycles. The summed E-state index contributed by atoms with van der Waals surface area (Å²) < 4.78 is 19.6. The molecule has 230 valence electrons. The van der Waals surface area contributed by atoms with E-state index in [1.54, 1.807) is 6.07 Å². The van der Waals surface area contributed by atoms with E-state index < -0.39 is 5.97 Å². The lowest BCUT2D eigenvalue weighted by Gasteiger charge is -2.38. The Morgan fingerprint density at radius 1 is 1.14 bits per heavy atom. The quantitative estimate of drug-likeness (QED) is 0.246. The van der Waals surface area contributed by atoms with Crippen LogP contribution in [-0.4, -0.2) is 62.6 Å². The molecule has 9 nitrogen and oxygen atoms in total. The number of fused-ring (bicyclic) bond motifs is 1. The number of nitrogens with zero attached hydrogens (tertiary/aromatic N) is 4. The van der Waals surface area contributed by atoms with Gasteiger partial charge < -0.3 is 19.3 Å². The molecule has 4 aromatic rings. The van der Waals surface area contributed by atoms with Crippen molar-refractivity contribution in [3.8, 4) is 28.7 Å². The number of carboxylic acids is 1. The first-order chi connectivity index (χ1) is 21.3. The SMILES string of the molecule is Cc1cccc(-c2cccc(-n3ncc(C(=O)O)c3OC(C)C)n2)c1OCc1ccc2c(c1C)CCN([C@H]1CCCOC1)C2. The molecule has 0 spiro atoms. The Morgan fingerprint density at radius 3 is 2.75 bits per heavy atom. The van der Waals surface area contributed by atoms with Crippen molar-refractivity contribution < 1.29 is 24.1 Å². The Hall–Kier alpha value is -4.21. The number of para-hydroxylation sites is 1. The van der Waals surface area contributed by atoms with Gasteiger partial charge in [0.2, 0.25) is 5.88 Å². The minimum Gasteiger partial charge on any atom is -0.488 e. The summed E-state index contributed by atoms with van der Waals surface area (Å²) >= 11 is 0. The zero-order chi connectivity index (χ0) is 30.8. The topological polar surface area (TPSA) is 98.9 Å². The number of hydrogen-bond donors (Lipinski definition) is 1. The molecule has 0 amide bonds. The molecule has 1 saturated heterocycles. The maximum Gasteiger partial charge on any atom is 0.342 e. The average molecular weight is 597 g/mol. The van der Waals surface area contributed by atoms with Crippen molar-refractivity contribution in [2.75, 3.05) is 19.8 Å². The van der Waals surface area contributed by atoms with Crippen LogP contribution in [0, 0.1) is 13.8 Å². The zero-order valence-electron chi connectivity index (χ0n) is 25.9. The second-order valence-electron chi connectivity index (χ2n) is 11.9. The fraction of sp³-hybridized carbons (Fsp3) is 0.400. The van der Waals surface area contributed by atoms with Crippen LogP contribution in [0.5, 0.6) is 11.6 Å². The van der Waals surface area contributed by atoms with E-state index in [4.69, 9.17) is 19.2 Å². The van der Waals surface area contributed by atoms with Gasteiger partial charge in [-0.15, -0.1) is 0 Å². The van der Waals surface area contributed by atoms with Crippen LogP contribution in [0.1, 0.15) is 64.9 Å². The van der Waals surface area contributed by atoms with E-state index in [1.165, 1.54) is 39.6 Å². The van der Waals surface area contributed by atoms with E-state index in [0.717, 1.165) is 56.0 Å². The Balaban J connectivity index is 1.25. The molecule has 0 unspecified atom stereocenters. The predicted molar refractivity (Wildman–Crippen MR) is 168 cm³/mol. The largest absolute Gasteiger partial charge is 0.488 e. The van der Waals surface area contributed by atoms with Crippen molar-refractivity contribution in [2.45, 2.75) is 72.3 Å². The van der Waals surface area contributed by atoms with Gasteiger partial charge in [0.25, 0.3) is 0 Å². The summed E-state index contributed by atoms with van der Waals surface area (Å²) in [5, 5.41) is 14.0. The number of hydrogen-bond acceptors (Lipinski definition) is 7. The van der Waals surface area contributed by atoms with Gasteiger partial charge in [0, 0.05) is 31.3 Å². The molecule has 0 radical (unpaired) electrons. The highest BCUT2D eigenvalue weighted by atomic mass is 16.5. The molecule has 1 fully saturated rings. The van der Waals surface area contributed by atoms with Gasteiger partial charge in [0.1, 0.15) is 17.9 Å². The minimum atomic E-state index is -1.11. The number of pyridine rings is 1. The minimum absolute atomic E-state index is 0.0124. The summed E-state index contributed by atoms with van der Waals surface area (Å²) in [5.74, 6) is 0.266. The molecule has 0 saturated carbocycles. The van der Waals surface area contributed by atoms with Crippen LogP contribution in [0.2, 0.25) is 0 Å². The monoisotopic (exact) mass is 596 g/mol. The van der Waals surface area contributed by atoms with E-state index in [2.05, 4.69) is 29.1 Å². The Labute approximate surface area is 258 Å². The van der Waals surface area contributed by atoms with Crippen molar-refractivity contribution in [1.82, 2.24) is 19.7 Å². The summed E-state index contributed by atoms with van der Waals surface area (Å²) in [5.41, 5.74) is 7.88. The number of carbonyl (C=O) groups is 1. The van der Waals surface area contributed by atoms with Gasteiger partial charge in [0.05, 0.1) is 24.6 Å². The zero-order valence-corrected chi connectivity index (χ0v) is 25.9. The van der Waals surface area contributed by atoms with Crippen LogP contribution in [0.4, 0.5) is 0 Å². The summed E-state index contributed by atoms with van der Waals surface area (Å²) in [6.07, 6.45) is 4.46. The first-order valence-electron chi connectivity index (χ1n) is 15.4. The highest BCUT2D eigenvalue weighted by Crippen LogP contribution is 2.35. The summed E-state index contributed by atoms with van der Waals surface area (Å²) in [6, 6.07) is 16.6. The molecule has 2 aliphatic heterocycles. The first-order valence-corrected chi connectivity index (χ1v) is 15.4. The van der Waals surface area contributed by atoms with Crippen LogP contribution in [0.25, 0.3) is 17.1 Å². The van der Waals surface area contributed by atoms with E-state index in [-0.39, 0.29) is 17.5 Å². The van der Waals surface area contributed by atoms with Crippen LogP contribution >= 0.6 is 0 Å². The van der Waals surface area contributed by atoms with Crippen LogP contribution in [0.3, 0.4) is 0 Å². The van der Waals surface area contributed by atoms with E-state index >= 15 is 0 Å². The third kappa shape index (κ3) is 6.07. The smallest absolute Gasteiger partial charge is 0.342 e. The van der Waals surface area contributed by atoms with Crippen molar-refractivity contribution in [3.63, 3.8) is 0 Å². The third-order valence-electron chi connectivity index (χ3n) is 8.60. The molecular weight excluding hydrogens is 556 g/mol. The van der Waals surface area contributed by atoms with E-state index in [1.807, 2.05) is 51.1 Å². The molecule has 6 rings (SSSR count). The van der Waals surface area contributed by atoms with Gasteiger partial charge in [-0.1, -0.05) is 30.3 Å². The Bertz CT molecular complexity index is 1660. The number of aromatic nitrogens is 3. The van der Waals surface area contributed by atoms with E-state index in [9.17, 15) is 9.90 Å². The fourth-order valence-corrected chi connectivity index (χ4v) is 6.26. The second kappa shape index (κ2) is 12.8. The number of aromatic carboxylic acids is 1. The van der Waals surface area contributed by atoms with Crippen LogP contribution in [0.15, 0.2) is 54.7 Å². The molecular formula is C35H40N4O5. The first kappa shape index (κ1) is 29.8. The van der Waals surface area contributed by atoms with Gasteiger partial charge in [-0.2, -0.15) is 9.78 Å². The molecule has 1 N–H and O–H groups in total. The van der Waals surface area contributed by atoms with Gasteiger partial charge in [-0.05, 0) is 93.0 Å². The highest BCUT2D eigenvalue weighted by Gasteiger charge is 2.27. The normalized spacial score (nSPS) is 17.0. The molecule has 0 bridgehead atoms. The van der Waals surface area contributed by atoms with Gasteiger partial charge >= 0.3 is 5.97 Å². The molecule has 0 aliphatic carbocycles. The van der Waals surface area contributed by atoms with Crippen molar-refractivity contribution >= 4 is 5.97 Å². The van der Waals surface area contributed by atoms with Crippen molar-refractivity contribution in [1.29, 1.82) is 0 Å². The number of ether oxygens (including phenoxy) is 3. The van der Waals surface area contributed by atoms with Gasteiger partial charge in [-0.25, -0.2) is 9.78 Å². The van der Waals surface area contributed by atoms with Gasteiger partial charge in [-0.3, -0.25) is 4.90 Å². The predicted octanol–water partition coefficient (Wildman–Crippen LogP) is 6.15. The average Bonchev–Trinajstić information content (AvgIpc) is 3.44. The summed E-state index contributed by atoms with van der Waals surface area (Å²) in [6.45, 7) is 12.1. The lowest BCUT2D eigenvalue weighted by molar-refractivity contribution is 0.0125. The lowest BCUT2D eigenvalue weighted by atomic mass is 9.91. The van der Waals surface area contributed by atoms with E-state index in [0.29, 0.717) is 24.2 Å². The molecule has 1 atom stereocenters. The van der Waals surface area contributed by atoms with Crippen LogP contribution in [-0.2, 0) is 24.3 Å². The Morgan fingerprint density at radius 2 is 1.98 bits per heavy atom. The molecule has 2 aromatic heterocycles. The van der Waals surface area contributed by atoms with Crippen molar-refractivity contribution in [2.24, 2.45) is 0 Å². The maximum atomic E-state index is 11.8. The maximum absolute atomic E-state index is 11.8. The summed E-state index contributed by atoms with van der Waals surface area (Å²) in [4.78, 5) is 19.3. The lowest BCUT2D eigenvalue weighted by Crippen LogP contribution is -2.44. The standard InChI is InChI=1S/C35H40N4O5/c1-22(2)44-34-30(35(40)41)18-36-39(34)32-12-6-11-31(37-32)29-10-5-8-23(3)33(29)43-20-26-14-13-25-19-38(16-15-28(25)24(26)4)27-9-7-17-42-21-27/h5-6,8,10-14,18,22,27H,7,9,15-17,19-21H2,1-4H3,(H,40,41)/t27-/m0/s1. The number of aryl methyl sites for hydroxylation is 1. The van der Waals surface area contributed by atoms with Crippen molar-refractivity contribution in [3.05, 3.63) is 88.1 Å².